The first-order valence-corrected chi connectivity index (χ1v) is 6.84. The summed E-state index contributed by atoms with van der Waals surface area (Å²) in [5.41, 5.74) is 0.849. The Labute approximate surface area is 130 Å². The Hall–Kier alpha value is -3.16. The Morgan fingerprint density at radius 2 is 1.96 bits per heavy atom. The van der Waals surface area contributed by atoms with Crippen LogP contribution in [0.2, 0.25) is 0 Å². The van der Waals surface area contributed by atoms with Crippen molar-refractivity contribution in [3.05, 3.63) is 47.5 Å². The molecule has 1 aliphatic rings. The SMILES string of the molecule is CC(C(=O)O)N1Cc2c(C(=O)O)ncn2-c2ccccc2C1=O. The lowest BCUT2D eigenvalue weighted by Gasteiger charge is -2.24. The number of aromatic nitrogens is 2. The number of nitrogens with zero attached hydrogens (tertiary/aromatic N) is 3. The summed E-state index contributed by atoms with van der Waals surface area (Å²) in [7, 11) is 0. The highest BCUT2D eigenvalue weighted by Crippen LogP contribution is 2.27. The molecule has 8 nitrogen and oxygen atoms in total. The molecular formula is C15H13N3O5. The lowest BCUT2D eigenvalue weighted by Crippen LogP contribution is -2.42. The van der Waals surface area contributed by atoms with Gasteiger partial charge in [-0.25, -0.2) is 14.6 Å². The third kappa shape index (κ3) is 2.24. The van der Waals surface area contributed by atoms with Gasteiger partial charge in [0.25, 0.3) is 5.91 Å². The average molecular weight is 315 g/mol. The van der Waals surface area contributed by atoms with Crippen LogP contribution in [0.5, 0.6) is 0 Å². The number of amides is 1. The average Bonchev–Trinajstić information content (AvgIpc) is 2.90. The Morgan fingerprint density at radius 1 is 1.26 bits per heavy atom. The van der Waals surface area contributed by atoms with E-state index in [0.29, 0.717) is 11.3 Å². The number of imidazole rings is 1. The van der Waals surface area contributed by atoms with Crippen LogP contribution in [0.15, 0.2) is 30.6 Å². The van der Waals surface area contributed by atoms with Gasteiger partial charge in [-0.2, -0.15) is 0 Å². The molecule has 1 atom stereocenters. The fourth-order valence-corrected chi connectivity index (χ4v) is 2.61. The molecule has 1 aliphatic heterocycles. The van der Waals surface area contributed by atoms with Crippen molar-refractivity contribution in [2.45, 2.75) is 19.5 Å². The second kappa shape index (κ2) is 5.24. The van der Waals surface area contributed by atoms with E-state index in [2.05, 4.69) is 4.98 Å². The van der Waals surface area contributed by atoms with Gasteiger partial charge in [0.15, 0.2) is 5.69 Å². The fourth-order valence-electron chi connectivity index (χ4n) is 2.61. The van der Waals surface area contributed by atoms with Crippen LogP contribution < -0.4 is 0 Å². The number of rotatable bonds is 3. The predicted octanol–water partition coefficient (Wildman–Crippen LogP) is 0.999. The Bertz CT molecular complexity index is 826. The quantitative estimate of drug-likeness (QED) is 0.873. The number of para-hydroxylation sites is 1. The molecule has 0 bridgehead atoms. The number of hydrogen-bond donors (Lipinski definition) is 2. The van der Waals surface area contributed by atoms with E-state index in [9.17, 15) is 24.6 Å². The molecule has 8 heteroatoms. The number of carboxylic acid groups (broad SMARTS) is 2. The Morgan fingerprint density at radius 3 is 2.61 bits per heavy atom. The van der Waals surface area contributed by atoms with Gasteiger partial charge >= 0.3 is 11.9 Å². The van der Waals surface area contributed by atoms with Crippen LogP contribution in [0, 0.1) is 0 Å². The summed E-state index contributed by atoms with van der Waals surface area (Å²) in [6, 6.07) is 5.53. The highest BCUT2D eigenvalue weighted by Gasteiger charge is 2.34. The molecular weight excluding hydrogens is 302 g/mol. The molecule has 0 spiro atoms. The normalized spacial score (nSPS) is 14.7. The maximum Gasteiger partial charge on any atom is 0.356 e. The van der Waals surface area contributed by atoms with Gasteiger partial charge < -0.3 is 15.1 Å². The van der Waals surface area contributed by atoms with Crippen LogP contribution >= 0.6 is 0 Å². The molecule has 0 saturated heterocycles. The minimum absolute atomic E-state index is 0.150. The highest BCUT2D eigenvalue weighted by atomic mass is 16.4. The van der Waals surface area contributed by atoms with Crippen molar-refractivity contribution in [2.24, 2.45) is 0 Å². The summed E-state index contributed by atoms with van der Waals surface area (Å²) < 4.78 is 1.52. The number of benzene rings is 1. The lowest BCUT2D eigenvalue weighted by atomic mass is 10.1. The van der Waals surface area contributed by atoms with Gasteiger partial charge in [-0.1, -0.05) is 12.1 Å². The topological polar surface area (TPSA) is 113 Å². The van der Waals surface area contributed by atoms with E-state index < -0.39 is 23.9 Å². The number of aromatic carboxylic acids is 1. The van der Waals surface area contributed by atoms with E-state index in [1.807, 2.05) is 0 Å². The summed E-state index contributed by atoms with van der Waals surface area (Å²) in [4.78, 5) is 40.4. The zero-order chi connectivity index (χ0) is 16.7. The highest BCUT2D eigenvalue weighted by molar-refractivity contribution is 6.00. The molecule has 1 amide bonds. The first-order chi connectivity index (χ1) is 10.9. The van der Waals surface area contributed by atoms with Crippen LogP contribution in [0.4, 0.5) is 0 Å². The van der Waals surface area contributed by atoms with Crippen molar-refractivity contribution in [2.75, 3.05) is 0 Å². The lowest BCUT2D eigenvalue weighted by molar-refractivity contribution is -0.141. The molecule has 118 valence electrons. The first kappa shape index (κ1) is 14.8. The zero-order valence-electron chi connectivity index (χ0n) is 12.1. The predicted molar refractivity (Wildman–Crippen MR) is 77.5 cm³/mol. The van der Waals surface area contributed by atoms with Crippen LogP contribution in [0.1, 0.15) is 33.5 Å². The monoisotopic (exact) mass is 315 g/mol. The summed E-state index contributed by atoms with van der Waals surface area (Å²) in [6.07, 6.45) is 1.33. The van der Waals surface area contributed by atoms with Crippen molar-refractivity contribution in [1.82, 2.24) is 14.5 Å². The minimum Gasteiger partial charge on any atom is -0.480 e. The Balaban J connectivity index is 2.25. The van der Waals surface area contributed by atoms with Crippen LogP contribution in [-0.2, 0) is 11.3 Å². The molecule has 1 unspecified atom stereocenters. The molecule has 0 aliphatic carbocycles. The van der Waals surface area contributed by atoms with Gasteiger partial charge in [0, 0.05) is 0 Å². The molecule has 0 radical (unpaired) electrons. The molecule has 0 fully saturated rings. The zero-order valence-corrected chi connectivity index (χ0v) is 12.1. The molecule has 3 rings (SSSR count). The molecule has 0 saturated carbocycles. The van der Waals surface area contributed by atoms with Crippen LogP contribution in [-0.4, -0.2) is 48.6 Å². The second-order valence-electron chi connectivity index (χ2n) is 5.18. The minimum atomic E-state index is -1.23. The van der Waals surface area contributed by atoms with Gasteiger partial charge in [-0.3, -0.25) is 9.36 Å². The second-order valence-corrected chi connectivity index (χ2v) is 5.18. The first-order valence-electron chi connectivity index (χ1n) is 6.84. The van der Waals surface area contributed by atoms with E-state index in [-0.39, 0.29) is 17.9 Å². The fraction of sp³-hybridized carbons (Fsp3) is 0.200. The molecule has 1 aromatic heterocycles. The van der Waals surface area contributed by atoms with Gasteiger partial charge in [-0.05, 0) is 19.1 Å². The van der Waals surface area contributed by atoms with Gasteiger partial charge in [0.05, 0.1) is 23.5 Å². The maximum atomic E-state index is 12.7. The third-order valence-electron chi connectivity index (χ3n) is 3.87. The molecule has 2 heterocycles. The molecule has 23 heavy (non-hydrogen) atoms. The van der Waals surface area contributed by atoms with E-state index in [1.165, 1.54) is 17.8 Å². The number of fused-ring (bicyclic) bond motifs is 3. The van der Waals surface area contributed by atoms with Crippen LogP contribution in [0.3, 0.4) is 0 Å². The van der Waals surface area contributed by atoms with Crippen molar-refractivity contribution in [3.63, 3.8) is 0 Å². The van der Waals surface area contributed by atoms with Gasteiger partial charge in [0.1, 0.15) is 12.4 Å². The summed E-state index contributed by atoms with van der Waals surface area (Å²) >= 11 is 0. The van der Waals surface area contributed by atoms with E-state index >= 15 is 0 Å². The summed E-state index contributed by atoms with van der Waals surface area (Å²) in [5.74, 6) is -2.86. The number of carbonyl (C=O) groups excluding carboxylic acids is 1. The molecule has 2 aromatic rings. The van der Waals surface area contributed by atoms with Gasteiger partial charge in [-0.15, -0.1) is 0 Å². The third-order valence-corrected chi connectivity index (χ3v) is 3.87. The van der Waals surface area contributed by atoms with Crippen molar-refractivity contribution in [3.8, 4) is 5.69 Å². The summed E-state index contributed by atoms with van der Waals surface area (Å²) in [5, 5.41) is 18.5. The van der Waals surface area contributed by atoms with E-state index in [0.717, 1.165) is 4.90 Å². The number of hydrogen-bond acceptors (Lipinski definition) is 4. The van der Waals surface area contributed by atoms with Crippen molar-refractivity contribution < 1.29 is 24.6 Å². The largest absolute Gasteiger partial charge is 0.480 e. The molecule has 2 N–H and O–H groups in total. The summed E-state index contributed by atoms with van der Waals surface area (Å²) in [6.45, 7) is 1.23. The van der Waals surface area contributed by atoms with E-state index in [1.54, 1.807) is 24.3 Å². The number of carbonyl (C=O) groups is 3. The number of carboxylic acids is 2. The number of aliphatic carboxylic acids is 1. The van der Waals surface area contributed by atoms with E-state index in [4.69, 9.17) is 0 Å². The smallest absolute Gasteiger partial charge is 0.356 e. The Kier molecular flexibility index (Phi) is 3.36. The standard InChI is InChI=1S/C15H13N3O5/c1-8(14(20)21)17-6-11-12(15(22)23)16-7-18(11)10-5-3-2-4-9(10)13(17)19/h2-5,7-8H,6H2,1H3,(H,20,21)(H,22,23). The maximum absolute atomic E-state index is 12.7. The van der Waals surface area contributed by atoms with Gasteiger partial charge in [0.2, 0.25) is 0 Å². The van der Waals surface area contributed by atoms with Crippen molar-refractivity contribution in [1.29, 1.82) is 0 Å². The van der Waals surface area contributed by atoms with Crippen molar-refractivity contribution >= 4 is 17.8 Å². The van der Waals surface area contributed by atoms with Crippen LogP contribution in [0.25, 0.3) is 5.69 Å². The molecule has 1 aromatic carbocycles.